The Labute approximate surface area is 169 Å². The van der Waals surface area contributed by atoms with Gasteiger partial charge < -0.3 is 10.2 Å². The summed E-state index contributed by atoms with van der Waals surface area (Å²) in [7, 11) is 1.48. The van der Waals surface area contributed by atoms with Crippen LogP contribution in [-0.2, 0) is 27.8 Å². The second-order valence-electron chi connectivity index (χ2n) is 7.64. The summed E-state index contributed by atoms with van der Waals surface area (Å²) in [6.07, 6.45) is 0.793. The number of carbonyl (C=O) groups is 1. The van der Waals surface area contributed by atoms with Gasteiger partial charge in [-0.1, -0.05) is 17.3 Å². The van der Waals surface area contributed by atoms with Crippen molar-refractivity contribution >= 4 is 21.6 Å². The van der Waals surface area contributed by atoms with Gasteiger partial charge in [0.2, 0.25) is 10.0 Å². The highest BCUT2D eigenvalue weighted by Crippen LogP contribution is 2.44. The number of nitroso groups, excluding NO2 is 1. The van der Waals surface area contributed by atoms with Crippen LogP contribution in [0.3, 0.4) is 0 Å². The quantitative estimate of drug-likeness (QED) is 0.775. The maximum Gasteiger partial charge on any atom is 0.257 e. The van der Waals surface area contributed by atoms with Crippen LogP contribution in [0, 0.1) is 4.91 Å². The number of sulfonamides is 1. The predicted molar refractivity (Wildman–Crippen MR) is 110 cm³/mol. The minimum Gasteiger partial charge on any atom is -0.323 e. The molecular weight excluding hydrogens is 392 g/mol. The van der Waals surface area contributed by atoms with Crippen molar-refractivity contribution in [3.8, 4) is 11.1 Å². The Kier molecular flexibility index (Phi) is 4.76. The van der Waals surface area contributed by atoms with E-state index in [1.807, 2.05) is 13.1 Å². The zero-order valence-corrected chi connectivity index (χ0v) is 17.3. The fourth-order valence-corrected chi connectivity index (χ4v) is 4.89. The number of rotatable bonds is 4. The summed E-state index contributed by atoms with van der Waals surface area (Å²) in [6.45, 7) is 1.53. The molecule has 0 aliphatic carbocycles. The van der Waals surface area contributed by atoms with Crippen LogP contribution in [0.4, 0.5) is 5.69 Å². The van der Waals surface area contributed by atoms with Gasteiger partial charge in [0, 0.05) is 32.7 Å². The lowest BCUT2D eigenvalue weighted by molar-refractivity contribution is -0.116. The van der Waals surface area contributed by atoms with E-state index in [2.05, 4.69) is 15.4 Å². The summed E-state index contributed by atoms with van der Waals surface area (Å²) in [5.41, 5.74) is 5.13. The molecule has 2 aromatic carbocycles. The molecule has 1 amide bonds. The van der Waals surface area contributed by atoms with Crippen molar-refractivity contribution in [2.75, 3.05) is 33.0 Å². The molecule has 2 aliphatic heterocycles. The van der Waals surface area contributed by atoms with Crippen LogP contribution >= 0.6 is 0 Å². The van der Waals surface area contributed by atoms with E-state index in [1.165, 1.54) is 18.4 Å². The number of nitrogens with zero attached hydrogens (tertiary/aromatic N) is 3. The molecule has 8 nitrogen and oxygen atoms in total. The number of hydrogen-bond donors (Lipinski definition) is 1. The van der Waals surface area contributed by atoms with E-state index in [-0.39, 0.29) is 4.90 Å². The molecule has 0 spiro atoms. The number of anilines is 1. The zero-order valence-electron chi connectivity index (χ0n) is 16.5. The van der Waals surface area contributed by atoms with E-state index in [9.17, 15) is 18.1 Å². The van der Waals surface area contributed by atoms with Gasteiger partial charge in [-0.3, -0.25) is 4.79 Å². The lowest BCUT2D eigenvalue weighted by Crippen LogP contribution is -2.27. The zero-order chi connectivity index (χ0) is 20.9. The van der Waals surface area contributed by atoms with Gasteiger partial charge in [-0.05, 0) is 53.9 Å². The van der Waals surface area contributed by atoms with Gasteiger partial charge in [0.15, 0.2) is 6.04 Å². The van der Waals surface area contributed by atoms with Crippen molar-refractivity contribution < 1.29 is 13.2 Å². The van der Waals surface area contributed by atoms with Crippen LogP contribution in [0.25, 0.3) is 11.1 Å². The molecule has 0 aromatic heterocycles. The van der Waals surface area contributed by atoms with Gasteiger partial charge in [-0.25, -0.2) is 12.7 Å². The molecule has 1 atom stereocenters. The van der Waals surface area contributed by atoms with Crippen LogP contribution < -0.4 is 5.32 Å². The maximum atomic E-state index is 12.3. The second kappa shape index (κ2) is 7.01. The summed E-state index contributed by atoms with van der Waals surface area (Å²) < 4.78 is 25.9. The molecular formula is C20H22N4O4S. The standard InChI is InChI=1S/C20H22N4O4S/c1-23(2)29(27,28)13-6-4-12(5-7-13)15-10-16-18(21-20(25)19(16)22-26)17-11-24(3)9-8-14(15)17/h4-7,10,19H,8-9,11H2,1-3H3,(H,21,25). The summed E-state index contributed by atoms with van der Waals surface area (Å²) in [6, 6.07) is 7.48. The van der Waals surface area contributed by atoms with Crippen molar-refractivity contribution in [2.24, 2.45) is 5.18 Å². The molecule has 29 heavy (non-hydrogen) atoms. The van der Waals surface area contributed by atoms with Gasteiger partial charge in [-0.15, -0.1) is 4.91 Å². The van der Waals surface area contributed by atoms with E-state index in [0.717, 1.165) is 35.2 Å². The molecule has 152 valence electrons. The molecule has 0 bridgehead atoms. The molecule has 9 heteroatoms. The fourth-order valence-electron chi connectivity index (χ4n) is 3.99. The van der Waals surface area contributed by atoms with Gasteiger partial charge >= 0.3 is 0 Å². The van der Waals surface area contributed by atoms with Gasteiger partial charge in [0.05, 0.1) is 10.6 Å². The summed E-state index contributed by atoms with van der Waals surface area (Å²) in [5, 5.41) is 5.84. The highest BCUT2D eigenvalue weighted by atomic mass is 32.2. The monoisotopic (exact) mass is 414 g/mol. The largest absolute Gasteiger partial charge is 0.323 e. The average Bonchev–Trinajstić information content (AvgIpc) is 3.02. The second-order valence-corrected chi connectivity index (χ2v) is 9.79. The third-order valence-electron chi connectivity index (χ3n) is 5.59. The van der Waals surface area contributed by atoms with Crippen molar-refractivity contribution in [2.45, 2.75) is 23.9 Å². The maximum absolute atomic E-state index is 12.3. The van der Waals surface area contributed by atoms with E-state index in [0.29, 0.717) is 17.8 Å². The van der Waals surface area contributed by atoms with Gasteiger partial charge in [0.1, 0.15) is 0 Å². The number of nitrogens with one attached hydrogen (secondary N) is 1. The third kappa shape index (κ3) is 3.15. The van der Waals surface area contributed by atoms with Crippen molar-refractivity contribution in [3.05, 3.63) is 51.9 Å². The van der Waals surface area contributed by atoms with Crippen LogP contribution in [0.15, 0.2) is 40.4 Å². The average molecular weight is 414 g/mol. The summed E-state index contributed by atoms with van der Waals surface area (Å²) in [4.78, 5) is 25.9. The third-order valence-corrected chi connectivity index (χ3v) is 7.42. The van der Waals surface area contributed by atoms with E-state index in [1.54, 1.807) is 24.3 Å². The first kappa shape index (κ1) is 19.7. The number of carbonyl (C=O) groups excluding carboxylic acids is 1. The molecule has 2 aliphatic rings. The number of benzene rings is 2. The highest BCUT2D eigenvalue weighted by molar-refractivity contribution is 7.89. The fraction of sp³-hybridized carbons (Fsp3) is 0.350. The van der Waals surface area contributed by atoms with E-state index >= 15 is 0 Å². The molecule has 0 saturated heterocycles. The van der Waals surface area contributed by atoms with Crippen LogP contribution in [0.1, 0.15) is 22.7 Å². The Bertz CT molecular complexity index is 1110. The first-order valence-corrected chi connectivity index (χ1v) is 10.7. The smallest absolute Gasteiger partial charge is 0.257 e. The Morgan fingerprint density at radius 3 is 2.48 bits per heavy atom. The van der Waals surface area contributed by atoms with Crippen LogP contribution in [-0.4, -0.2) is 51.2 Å². The number of hydrogen-bond acceptors (Lipinski definition) is 6. The Hall–Kier alpha value is -2.62. The highest BCUT2D eigenvalue weighted by Gasteiger charge is 2.36. The molecule has 0 radical (unpaired) electrons. The van der Waals surface area contributed by atoms with Crippen molar-refractivity contribution in [3.63, 3.8) is 0 Å². The minimum atomic E-state index is -3.51. The lowest BCUT2D eigenvalue weighted by atomic mass is 9.87. The van der Waals surface area contributed by atoms with E-state index < -0.39 is 22.0 Å². The molecule has 1 N–H and O–H groups in total. The predicted octanol–water partition coefficient (Wildman–Crippen LogP) is 2.35. The molecule has 4 rings (SSSR count). The first-order chi connectivity index (χ1) is 13.7. The van der Waals surface area contributed by atoms with Crippen LogP contribution in [0.5, 0.6) is 0 Å². The Balaban J connectivity index is 1.87. The Morgan fingerprint density at radius 1 is 1.17 bits per heavy atom. The topological polar surface area (TPSA) is 99.2 Å². The summed E-state index contributed by atoms with van der Waals surface area (Å²) in [5.74, 6) is -0.407. The van der Waals surface area contributed by atoms with Gasteiger partial charge in [0.25, 0.3) is 5.91 Å². The number of likely N-dealkylation sites (N-methyl/N-ethyl adjacent to an activating group) is 1. The van der Waals surface area contributed by atoms with Crippen LogP contribution in [0.2, 0.25) is 0 Å². The summed E-state index contributed by atoms with van der Waals surface area (Å²) >= 11 is 0. The SMILES string of the molecule is CN1CCc2c(-c3ccc(S(=O)(=O)N(C)C)cc3)cc3c(c2C1)NC(=O)C3N=O. The Morgan fingerprint density at radius 2 is 1.86 bits per heavy atom. The molecule has 2 aromatic rings. The minimum absolute atomic E-state index is 0.213. The molecule has 0 fully saturated rings. The molecule has 0 saturated carbocycles. The molecule has 1 unspecified atom stereocenters. The van der Waals surface area contributed by atoms with E-state index in [4.69, 9.17) is 0 Å². The number of amides is 1. The number of fused-ring (bicyclic) bond motifs is 3. The lowest BCUT2D eigenvalue weighted by Gasteiger charge is -2.29. The first-order valence-electron chi connectivity index (χ1n) is 9.27. The van der Waals surface area contributed by atoms with Crippen molar-refractivity contribution in [1.29, 1.82) is 0 Å². The normalized spacial score (nSPS) is 19.0. The van der Waals surface area contributed by atoms with Gasteiger partial charge in [-0.2, -0.15) is 0 Å². The molecule has 2 heterocycles. The van der Waals surface area contributed by atoms with Crippen molar-refractivity contribution in [1.82, 2.24) is 9.21 Å².